The lowest BCUT2D eigenvalue weighted by molar-refractivity contribution is -0.297. The molecule has 1 saturated heterocycles. The summed E-state index contributed by atoms with van der Waals surface area (Å²) in [7, 11) is 1.61. The van der Waals surface area contributed by atoms with E-state index in [2.05, 4.69) is 16.0 Å². The van der Waals surface area contributed by atoms with Crippen LogP contribution in [0.15, 0.2) is 11.8 Å². The lowest BCUT2D eigenvalue weighted by Gasteiger charge is -2.50. The van der Waals surface area contributed by atoms with Crippen molar-refractivity contribution in [2.75, 3.05) is 33.3 Å². The van der Waals surface area contributed by atoms with Gasteiger partial charge in [0.2, 0.25) is 6.41 Å². The van der Waals surface area contributed by atoms with E-state index in [1.807, 2.05) is 6.08 Å². The van der Waals surface area contributed by atoms with Crippen LogP contribution >= 0.6 is 0 Å². The summed E-state index contributed by atoms with van der Waals surface area (Å²) in [5.74, 6) is 0.111. The summed E-state index contributed by atoms with van der Waals surface area (Å²) in [4.78, 5) is 11.3. The zero-order valence-electron chi connectivity index (χ0n) is 21.1. The first kappa shape index (κ1) is 29.2. The summed E-state index contributed by atoms with van der Waals surface area (Å²) in [6.07, 6.45) is -0.985. The Labute approximate surface area is 212 Å². The van der Waals surface area contributed by atoms with Gasteiger partial charge in [0, 0.05) is 18.0 Å². The maximum Gasteiger partial charge on any atom is 0.207 e. The number of carbonyl (C=O) groups is 1. The Morgan fingerprint density at radius 1 is 1.28 bits per heavy atom. The van der Waals surface area contributed by atoms with Crippen LogP contribution in [-0.2, 0) is 19.0 Å². The highest BCUT2D eigenvalue weighted by Gasteiger charge is 2.53. The van der Waals surface area contributed by atoms with Gasteiger partial charge in [-0.1, -0.05) is 0 Å². The van der Waals surface area contributed by atoms with Gasteiger partial charge in [-0.2, -0.15) is 0 Å². The molecule has 12 N–H and O–H groups in total. The van der Waals surface area contributed by atoms with Crippen molar-refractivity contribution in [1.29, 1.82) is 0 Å². The van der Waals surface area contributed by atoms with Crippen LogP contribution in [0.4, 0.5) is 0 Å². The smallest absolute Gasteiger partial charge is 0.207 e. The number of ether oxygens (including phenoxy) is 3. The van der Waals surface area contributed by atoms with E-state index < -0.39 is 66.4 Å². The van der Waals surface area contributed by atoms with Crippen LogP contribution in [0.3, 0.4) is 0 Å². The molecule has 1 saturated carbocycles. The number of rotatable bonds is 11. The fourth-order valence-electron chi connectivity index (χ4n) is 5.51. The molecule has 13 nitrogen and oxygen atoms in total. The van der Waals surface area contributed by atoms with Gasteiger partial charge in [0.25, 0.3) is 0 Å². The molecule has 0 aromatic carbocycles. The van der Waals surface area contributed by atoms with Crippen LogP contribution in [0.5, 0.6) is 0 Å². The normalized spacial score (nSPS) is 43.4. The Bertz CT molecular complexity index is 744. The number of carbonyl (C=O) groups excluding carboxylic acids is 1. The number of aliphatic hydroxyl groups is 3. The fourth-order valence-corrected chi connectivity index (χ4v) is 5.51. The van der Waals surface area contributed by atoms with Crippen LogP contribution in [-0.4, -0.2) is 115 Å². The minimum absolute atomic E-state index is 0.0975. The third kappa shape index (κ3) is 6.54. The monoisotopic (exact) mass is 516 g/mol. The molecule has 2 aliphatic heterocycles. The van der Waals surface area contributed by atoms with E-state index in [1.165, 1.54) is 0 Å². The number of aliphatic hydroxyl groups excluding tert-OH is 2. The van der Waals surface area contributed by atoms with Crippen LogP contribution < -0.4 is 33.2 Å². The van der Waals surface area contributed by atoms with Crippen molar-refractivity contribution in [2.24, 2.45) is 23.1 Å². The molecule has 0 aromatic rings. The van der Waals surface area contributed by atoms with Crippen molar-refractivity contribution in [2.45, 2.75) is 86.7 Å². The molecule has 2 heterocycles. The SMILES string of the molecule is CN[C@@H]1[C@@H](O)[C@@H](O[C@H]2[C@H](NC=O)C[C@H](N)C([C@H]3OC(CNCCCN)=CC[C@H]3N)[C@@H]2O)OC[C@]1(C)O. The minimum Gasteiger partial charge on any atom is -0.492 e. The van der Waals surface area contributed by atoms with Crippen molar-refractivity contribution in [3.05, 3.63) is 11.8 Å². The largest absolute Gasteiger partial charge is 0.492 e. The molecule has 1 aliphatic carbocycles. The topological polar surface area (TPSA) is 220 Å². The van der Waals surface area contributed by atoms with Gasteiger partial charge in [-0.3, -0.25) is 4.79 Å². The molecule has 13 heteroatoms. The van der Waals surface area contributed by atoms with E-state index in [1.54, 1.807) is 14.0 Å². The molecule has 1 unspecified atom stereocenters. The highest BCUT2D eigenvalue weighted by atomic mass is 16.7. The van der Waals surface area contributed by atoms with E-state index in [9.17, 15) is 20.1 Å². The Hall–Kier alpha value is -1.39. The highest BCUT2D eigenvalue weighted by molar-refractivity contribution is 5.47. The fraction of sp³-hybridized carbons (Fsp3) is 0.870. The van der Waals surface area contributed by atoms with Gasteiger partial charge in [-0.15, -0.1) is 0 Å². The number of likely N-dealkylation sites (N-methyl/N-ethyl adjacent to an activating group) is 1. The van der Waals surface area contributed by atoms with Gasteiger partial charge in [0.15, 0.2) is 6.29 Å². The molecule has 11 atom stereocenters. The van der Waals surface area contributed by atoms with Gasteiger partial charge in [-0.05, 0) is 52.4 Å². The molecule has 0 spiro atoms. The second-order valence-electron chi connectivity index (χ2n) is 10.2. The maximum atomic E-state index is 11.5. The number of hydrogen-bond donors (Lipinski definition) is 9. The molecule has 0 bridgehead atoms. The van der Waals surface area contributed by atoms with E-state index in [4.69, 9.17) is 31.4 Å². The van der Waals surface area contributed by atoms with Crippen molar-refractivity contribution in [1.82, 2.24) is 16.0 Å². The number of nitrogens with two attached hydrogens (primary N) is 3. The number of nitrogens with one attached hydrogen (secondary N) is 3. The van der Waals surface area contributed by atoms with E-state index in [0.717, 1.165) is 13.0 Å². The lowest BCUT2D eigenvalue weighted by Crippen LogP contribution is -2.69. The van der Waals surface area contributed by atoms with E-state index in [0.29, 0.717) is 38.1 Å². The average Bonchev–Trinajstić information content (AvgIpc) is 2.82. The van der Waals surface area contributed by atoms with Crippen LogP contribution in [0.2, 0.25) is 0 Å². The molecule has 1 amide bonds. The van der Waals surface area contributed by atoms with Gasteiger partial charge < -0.3 is 62.7 Å². The molecule has 3 aliphatic rings. The van der Waals surface area contributed by atoms with Crippen molar-refractivity contribution < 1.29 is 34.3 Å². The molecule has 208 valence electrons. The van der Waals surface area contributed by atoms with Crippen molar-refractivity contribution in [3.8, 4) is 0 Å². The van der Waals surface area contributed by atoms with E-state index >= 15 is 0 Å². The second kappa shape index (κ2) is 12.9. The first-order chi connectivity index (χ1) is 17.1. The van der Waals surface area contributed by atoms with Crippen molar-refractivity contribution >= 4 is 6.41 Å². The summed E-state index contributed by atoms with van der Waals surface area (Å²) in [5.41, 5.74) is 17.1. The number of amides is 1. The summed E-state index contributed by atoms with van der Waals surface area (Å²) >= 11 is 0. The summed E-state index contributed by atoms with van der Waals surface area (Å²) in [6.45, 7) is 3.29. The summed E-state index contributed by atoms with van der Waals surface area (Å²) < 4.78 is 17.9. The zero-order valence-corrected chi connectivity index (χ0v) is 21.1. The lowest BCUT2D eigenvalue weighted by atomic mass is 9.72. The zero-order chi connectivity index (χ0) is 26.5. The minimum atomic E-state index is -1.33. The Morgan fingerprint density at radius 2 is 2.03 bits per heavy atom. The van der Waals surface area contributed by atoms with Gasteiger partial charge in [-0.25, -0.2) is 0 Å². The van der Waals surface area contributed by atoms with Crippen LogP contribution in [0, 0.1) is 5.92 Å². The average molecular weight is 517 g/mol. The highest BCUT2D eigenvalue weighted by Crippen LogP contribution is 2.36. The Kier molecular flexibility index (Phi) is 10.5. The first-order valence-electron chi connectivity index (χ1n) is 12.6. The van der Waals surface area contributed by atoms with Crippen molar-refractivity contribution in [3.63, 3.8) is 0 Å². The quantitative estimate of drug-likeness (QED) is 0.0953. The molecule has 2 fully saturated rings. The molecular formula is C23H44N6O7. The molecule has 36 heavy (non-hydrogen) atoms. The third-order valence-electron chi connectivity index (χ3n) is 7.43. The molecule has 0 radical (unpaired) electrons. The predicted molar refractivity (Wildman–Crippen MR) is 131 cm³/mol. The second-order valence-corrected chi connectivity index (χ2v) is 10.2. The van der Waals surface area contributed by atoms with Gasteiger partial charge >= 0.3 is 0 Å². The molecule has 3 rings (SSSR count). The first-order valence-corrected chi connectivity index (χ1v) is 12.6. The van der Waals surface area contributed by atoms with E-state index in [-0.39, 0.29) is 6.61 Å². The molecular weight excluding hydrogens is 472 g/mol. The Balaban J connectivity index is 1.76. The predicted octanol–water partition coefficient (Wildman–Crippen LogP) is -3.81. The summed E-state index contributed by atoms with van der Waals surface area (Å²) in [6, 6.07) is -2.31. The van der Waals surface area contributed by atoms with Gasteiger partial charge in [0.05, 0.1) is 31.3 Å². The third-order valence-corrected chi connectivity index (χ3v) is 7.43. The summed E-state index contributed by atoms with van der Waals surface area (Å²) in [5, 5.41) is 41.7. The molecule has 0 aromatic heterocycles. The van der Waals surface area contributed by atoms with Crippen LogP contribution in [0.1, 0.15) is 26.2 Å². The number of hydrogen-bond acceptors (Lipinski definition) is 12. The Morgan fingerprint density at radius 3 is 2.69 bits per heavy atom. The standard InChI is InChI=1S/C23H44N6O7/c1-23(33)10-34-22(18(32)21(23)27-2)36-20-15(29-11-30)8-14(26)16(17(20)31)19-13(25)5-4-12(35-19)9-28-7-3-6-24/h4,11,13-22,27-28,31-33H,3,5-10,24-26H2,1-2H3,(H,29,30)/t13-,14+,15-,16?,17+,18-,19+,20+,21-,22-,23+/m1/s1. The maximum absolute atomic E-state index is 11.5. The van der Waals surface area contributed by atoms with Crippen LogP contribution in [0.25, 0.3) is 0 Å². The van der Waals surface area contributed by atoms with Gasteiger partial charge in [0.1, 0.15) is 29.7 Å².